The van der Waals surface area contributed by atoms with Crippen molar-refractivity contribution in [3.63, 3.8) is 0 Å². The molecular weight excluding hydrogens is 365 g/mol. The molecule has 1 aromatic heterocycles. The zero-order chi connectivity index (χ0) is 19.9. The van der Waals surface area contributed by atoms with Gasteiger partial charge < -0.3 is 20.7 Å². The van der Waals surface area contributed by atoms with E-state index in [0.717, 1.165) is 31.9 Å². The molecule has 1 aromatic rings. The predicted octanol–water partition coefficient (Wildman–Crippen LogP) is 3.07. The number of carbonyl (C=O) groups excluding carboxylic acids is 2. The molecular formula is C17H23F3N4O3. The topological polar surface area (TPSA) is 92.3 Å². The molecule has 0 saturated heterocycles. The Kier molecular flexibility index (Phi) is 7.26. The van der Waals surface area contributed by atoms with Crippen LogP contribution in [0.5, 0.6) is 5.75 Å². The predicted molar refractivity (Wildman–Crippen MR) is 92.4 cm³/mol. The van der Waals surface area contributed by atoms with Crippen molar-refractivity contribution in [2.45, 2.75) is 50.7 Å². The lowest BCUT2D eigenvalue weighted by Crippen LogP contribution is -2.38. The van der Waals surface area contributed by atoms with Crippen molar-refractivity contribution in [3.8, 4) is 5.75 Å². The molecule has 0 aliphatic heterocycles. The standard InChI is InChI=1S/C17H23F3N4O3/c1-27-13-9-14(17(18,19)20)22-10-12(13)24-16(26)21-8-7-15(25)23-11-5-3-2-4-6-11/h9-11H,2-8H2,1H3,(H,23,25)(H2,21,24,26). The van der Waals surface area contributed by atoms with Crippen LogP contribution >= 0.6 is 0 Å². The molecule has 0 atom stereocenters. The summed E-state index contributed by atoms with van der Waals surface area (Å²) in [4.78, 5) is 27.0. The van der Waals surface area contributed by atoms with Gasteiger partial charge >= 0.3 is 12.2 Å². The molecule has 1 fully saturated rings. The van der Waals surface area contributed by atoms with Crippen LogP contribution < -0.4 is 20.7 Å². The Morgan fingerprint density at radius 1 is 1.26 bits per heavy atom. The van der Waals surface area contributed by atoms with E-state index < -0.39 is 17.9 Å². The first-order valence-corrected chi connectivity index (χ1v) is 8.75. The van der Waals surface area contributed by atoms with E-state index in [2.05, 4.69) is 20.9 Å². The molecule has 150 valence electrons. The van der Waals surface area contributed by atoms with Crippen LogP contribution in [0.1, 0.15) is 44.2 Å². The van der Waals surface area contributed by atoms with Gasteiger partial charge in [-0.3, -0.25) is 4.79 Å². The maximum Gasteiger partial charge on any atom is 0.433 e. The minimum atomic E-state index is -4.61. The third-order valence-electron chi connectivity index (χ3n) is 4.23. The number of hydrogen-bond acceptors (Lipinski definition) is 4. The summed E-state index contributed by atoms with van der Waals surface area (Å²) in [5, 5.41) is 7.77. The van der Waals surface area contributed by atoms with Gasteiger partial charge in [-0.25, -0.2) is 9.78 Å². The SMILES string of the molecule is COc1cc(C(F)(F)F)ncc1NC(=O)NCCC(=O)NC1CCCCC1. The Bertz CT molecular complexity index is 661. The number of nitrogens with one attached hydrogen (secondary N) is 3. The lowest BCUT2D eigenvalue weighted by atomic mass is 9.95. The number of hydrogen-bond donors (Lipinski definition) is 3. The Morgan fingerprint density at radius 3 is 2.59 bits per heavy atom. The molecule has 1 aliphatic carbocycles. The second-order valence-corrected chi connectivity index (χ2v) is 6.30. The number of methoxy groups -OCH3 is 1. The molecule has 0 aromatic carbocycles. The van der Waals surface area contributed by atoms with E-state index in [1.54, 1.807) is 0 Å². The van der Waals surface area contributed by atoms with Crippen molar-refractivity contribution >= 4 is 17.6 Å². The number of alkyl halides is 3. The summed E-state index contributed by atoms with van der Waals surface area (Å²) in [5.41, 5.74) is -1.13. The first-order valence-electron chi connectivity index (χ1n) is 8.75. The van der Waals surface area contributed by atoms with Gasteiger partial charge in [0.1, 0.15) is 17.1 Å². The van der Waals surface area contributed by atoms with E-state index in [1.165, 1.54) is 13.5 Å². The lowest BCUT2D eigenvalue weighted by molar-refractivity contribution is -0.141. The average Bonchev–Trinajstić information content (AvgIpc) is 2.62. The number of anilines is 1. The molecule has 3 amide bonds. The highest BCUT2D eigenvalue weighted by Gasteiger charge is 2.33. The summed E-state index contributed by atoms with van der Waals surface area (Å²) >= 11 is 0. The number of halogens is 3. The van der Waals surface area contributed by atoms with Crippen LogP contribution in [0.3, 0.4) is 0 Å². The van der Waals surface area contributed by atoms with Crippen molar-refractivity contribution in [2.24, 2.45) is 0 Å². The average molecular weight is 388 g/mol. The van der Waals surface area contributed by atoms with Gasteiger partial charge in [-0.2, -0.15) is 13.2 Å². The number of amides is 3. The fourth-order valence-electron chi connectivity index (χ4n) is 2.86. The van der Waals surface area contributed by atoms with Crippen LogP contribution in [0.4, 0.5) is 23.7 Å². The zero-order valence-corrected chi connectivity index (χ0v) is 15.0. The maximum absolute atomic E-state index is 12.7. The van der Waals surface area contributed by atoms with E-state index in [-0.39, 0.29) is 36.4 Å². The molecule has 1 heterocycles. The number of nitrogens with zero attached hydrogens (tertiary/aromatic N) is 1. The summed E-state index contributed by atoms with van der Waals surface area (Å²) in [6.45, 7) is 0.0980. The Balaban J connectivity index is 1.79. The van der Waals surface area contributed by atoms with Crippen LogP contribution in [0.2, 0.25) is 0 Å². The van der Waals surface area contributed by atoms with Crippen LogP contribution in [0.25, 0.3) is 0 Å². The van der Waals surface area contributed by atoms with Crippen molar-refractivity contribution < 1.29 is 27.5 Å². The van der Waals surface area contributed by atoms with Gasteiger partial charge in [0.15, 0.2) is 0 Å². The largest absolute Gasteiger partial charge is 0.494 e. The number of rotatable bonds is 6. The Labute approximate surface area is 155 Å². The summed E-state index contributed by atoms with van der Waals surface area (Å²) < 4.78 is 42.8. The highest BCUT2D eigenvalue weighted by Crippen LogP contribution is 2.33. The number of carbonyl (C=O) groups is 2. The zero-order valence-electron chi connectivity index (χ0n) is 15.0. The second-order valence-electron chi connectivity index (χ2n) is 6.30. The van der Waals surface area contributed by atoms with Crippen LogP contribution in [-0.4, -0.2) is 36.6 Å². The molecule has 1 aliphatic rings. The van der Waals surface area contributed by atoms with Gasteiger partial charge in [-0.1, -0.05) is 19.3 Å². The number of aromatic nitrogens is 1. The fourth-order valence-corrected chi connectivity index (χ4v) is 2.86. The molecule has 3 N–H and O–H groups in total. The first kappa shape index (κ1) is 20.8. The third kappa shape index (κ3) is 6.61. The molecule has 10 heteroatoms. The quantitative estimate of drug-likeness (QED) is 0.698. The van der Waals surface area contributed by atoms with Crippen molar-refractivity contribution in [2.75, 3.05) is 19.0 Å². The number of pyridine rings is 1. The number of ether oxygens (including phenoxy) is 1. The highest BCUT2D eigenvalue weighted by molar-refractivity contribution is 5.91. The van der Waals surface area contributed by atoms with Crippen molar-refractivity contribution in [1.29, 1.82) is 0 Å². The second kappa shape index (κ2) is 9.43. The first-order chi connectivity index (χ1) is 12.8. The summed E-state index contributed by atoms with van der Waals surface area (Å²) in [5.74, 6) is -0.307. The summed E-state index contributed by atoms with van der Waals surface area (Å²) in [6, 6.07) is 0.232. The van der Waals surface area contributed by atoms with E-state index in [1.807, 2.05) is 0 Å². The van der Waals surface area contributed by atoms with Crippen molar-refractivity contribution in [1.82, 2.24) is 15.6 Å². The molecule has 7 nitrogen and oxygen atoms in total. The van der Waals surface area contributed by atoms with E-state index in [9.17, 15) is 22.8 Å². The Morgan fingerprint density at radius 2 is 1.96 bits per heavy atom. The molecule has 0 bridgehead atoms. The molecule has 1 saturated carbocycles. The molecule has 2 rings (SSSR count). The minimum absolute atomic E-state index is 0.00495. The molecule has 0 radical (unpaired) electrons. The maximum atomic E-state index is 12.7. The number of urea groups is 1. The summed E-state index contributed by atoms with van der Waals surface area (Å²) in [7, 11) is 1.19. The summed E-state index contributed by atoms with van der Waals surface area (Å²) in [6.07, 6.45) is 1.73. The van der Waals surface area contributed by atoms with Gasteiger partial charge in [0.05, 0.1) is 13.3 Å². The molecule has 0 unspecified atom stereocenters. The third-order valence-corrected chi connectivity index (χ3v) is 4.23. The van der Waals surface area contributed by atoms with Crippen molar-refractivity contribution in [3.05, 3.63) is 18.0 Å². The fraction of sp³-hybridized carbons (Fsp3) is 0.588. The highest BCUT2D eigenvalue weighted by atomic mass is 19.4. The minimum Gasteiger partial charge on any atom is -0.494 e. The normalized spacial score (nSPS) is 15.1. The van der Waals surface area contributed by atoms with Gasteiger partial charge in [-0.05, 0) is 12.8 Å². The monoisotopic (exact) mass is 388 g/mol. The Hall–Kier alpha value is -2.52. The molecule has 0 spiro atoms. The smallest absolute Gasteiger partial charge is 0.433 e. The van der Waals surface area contributed by atoms with E-state index in [4.69, 9.17) is 4.74 Å². The van der Waals surface area contributed by atoms with Gasteiger partial charge in [0.25, 0.3) is 0 Å². The molecule has 27 heavy (non-hydrogen) atoms. The lowest BCUT2D eigenvalue weighted by Gasteiger charge is -2.22. The van der Waals surface area contributed by atoms with Gasteiger partial charge in [0, 0.05) is 25.1 Å². The van der Waals surface area contributed by atoms with Gasteiger partial charge in [-0.15, -0.1) is 0 Å². The van der Waals surface area contributed by atoms with Crippen LogP contribution in [-0.2, 0) is 11.0 Å². The van der Waals surface area contributed by atoms with Crippen LogP contribution in [0, 0.1) is 0 Å². The van der Waals surface area contributed by atoms with Gasteiger partial charge in [0.2, 0.25) is 5.91 Å². The van der Waals surface area contributed by atoms with E-state index in [0.29, 0.717) is 6.07 Å². The van der Waals surface area contributed by atoms with Crippen LogP contribution in [0.15, 0.2) is 12.3 Å². The van der Waals surface area contributed by atoms with E-state index >= 15 is 0 Å².